The number of hydrogen-bond donors (Lipinski definition) is 2. The first-order valence-electron chi connectivity index (χ1n) is 5.89. The molecule has 102 valence electrons. The summed E-state index contributed by atoms with van der Waals surface area (Å²) in [6.07, 6.45) is -2.33. The number of alkyl halides is 3. The topological polar surface area (TPSA) is 49.8 Å². The molecule has 2 N–H and O–H groups in total. The summed E-state index contributed by atoms with van der Waals surface area (Å²) in [5.41, 5.74) is 0. The fourth-order valence-electron chi connectivity index (χ4n) is 1.28. The van der Waals surface area contributed by atoms with Gasteiger partial charge in [-0.1, -0.05) is 6.92 Å². The molecule has 1 heterocycles. The van der Waals surface area contributed by atoms with Crippen LogP contribution in [0, 0.1) is 0 Å². The van der Waals surface area contributed by atoms with Crippen molar-refractivity contribution in [1.29, 1.82) is 0 Å². The van der Waals surface area contributed by atoms with Crippen LogP contribution < -0.4 is 10.6 Å². The zero-order valence-electron chi connectivity index (χ0n) is 10.2. The molecular weight excluding hydrogens is 245 g/mol. The molecule has 1 rings (SSSR count). The van der Waals surface area contributed by atoms with E-state index in [2.05, 4.69) is 20.6 Å². The van der Waals surface area contributed by atoms with Crippen molar-refractivity contribution in [2.75, 3.05) is 23.7 Å². The molecular formula is C11H17F3N4. The average molecular weight is 262 g/mol. The summed E-state index contributed by atoms with van der Waals surface area (Å²) in [7, 11) is 0. The van der Waals surface area contributed by atoms with Crippen LogP contribution in [-0.2, 0) is 0 Å². The molecule has 1 aromatic heterocycles. The first-order valence-corrected chi connectivity index (χ1v) is 5.89. The quantitative estimate of drug-likeness (QED) is 0.741. The van der Waals surface area contributed by atoms with Crippen molar-refractivity contribution in [2.24, 2.45) is 0 Å². The van der Waals surface area contributed by atoms with Gasteiger partial charge in [-0.05, 0) is 18.9 Å². The molecule has 0 unspecified atom stereocenters. The van der Waals surface area contributed by atoms with Gasteiger partial charge in [0.25, 0.3) is 0 Å². The van der Waals surface area contributed by atoms with Crippen LogP contribution in [0.5, 0.6) is 0 Å². The van der Waals surface area contributed by atoms with E-state index in [9.17, 15) is 13.2 Å². The van der Waals surface area contributed by atoms with Crippen LogP contribution in [0.4, 0.5) is 24.9 Å². The standard InChI is InChI=1S/C11H17F3N4/c1-2-6-16-10-17-8-4-9(18-10)15-7-3-5-11(12,13)14/h4,8H,2-3,5-7H2,1H3,(H2,15,16,17,18). The van der Waals surface area contributed by atoms with Gasteiger partial charge in [0.2, 0.25) is 5.95 Å². The molecule has 0 aliphatic heterocycles. The lowest BCUT2D eigenvalue weighted by Gasteiger charge is -2.09. The molecule has 0 radical (unpaired) electrons. The zero-order chi connectivity index (χ0) is 13.4. The highest BCUT2D eigenvalue weighted by Gasteiger charge is 2.25. The van der Waals surface area contributed by atoms with Crippen molar-refractivity contribution in [3.63, 3.8) is 0 Å². The Morgan fingerprint density at radius 3 is 2.67 bits per heavy atom. The van der Waals surface area contributed by atoms with Gasteiger partial charge in [0.1, 0.15) is 5.82 Å². The first-order chi connectivity index (χ1) is 8.51. The molecule has 0 saturated carbocycles. The third kappa shape index (κ3) is 6.27. The molecule has 18 heavy (non-hydrogen) atoms. The van der Waals surface area contributed by atoms with Crippen molar-refractivity contribution in [3.05, 3.63) is 12.3 Å². The van der Waals surface area contributed by atoms with E-state index in [1.54, 1.807) is 12.3 Å². The number of aromatic nitrogens is 2. The molecule has 7 heteroatoms. The Kier molecular flexibility index (Phi) is 5.67. The van der Waals surface area contributed by atoms with Gasteiger partial charge in [-0.2, -0.15) is 18.2 Å². The van der Waals surface area contributed by atoms with Gasteiger partial charge < -0.3 is 10.6 Å². The van der Waals surface area contributed by atoms with Crippen molar-refractivity contribution in [2.45, 2.75) is 32.4 Å². The van der Waals surface area contributed by atoms with E-state index < -0.39 is 12.6 Å². The van der Waals surface area contributed by atoms with Gasteiger partial charge in [-0.25, -0.2) is 4.98 Å². The third-order valence-corrected chi connectivity index (χ3v) is 2.13. The number of nitrogens with one attached hydrogen (secondary N) is 2. The van der Waals surface area contributed by atoms with Gasteiger partial charge in [0.15, 0.2) is 0 Å². The molecule has 0 saturated heterocycles. The summed E-state index contributed by atoms with van der Waals surface area (Å²) in [6, 6.07) is 1.63. The highest BCUT2D eigenvalue weighted by molar-refractivity contribution is 5.39. The SMILES string of the molecule is CCCNc1nccc(NCCCC(F)(F)F)n1. The van der Waals surface area contributed by atoms with Crippen LogP contribution >= 0.6 is 0 Å². The Morgan fingerprint density at radius 1 is 1.22 bits per heavy atom. The number of nitrogens with zero attached hydrogens (tertiary/aromatic N) is 2. The summed E-state index contributed by atoms with van der Waals surface area (Å²) in [4.78, 5) is 8.13. The second-order valence-electron chi connectivity index (χ2n) is 3.84. The summed E-state index contributed by atoms with van der Waals surface area (Å²) in [6.45, 7) is 3.02. The zero-order valence-corrected chi connectivity index (χ0v) is 10.2. The Labute approximate surface area is 104 Å². The molecule has 0 aliphatic rings. The van der Waals surface area contributed by atoms with Crippen molar-refractivity contribution >= 4 is 11.8 Å². The fourth-order valence-corrected chi connectivity index (χ4v) is 1.28. The van der Waals surface area contributed by atoms with E-state index >= 15 is 0 Å². The maximum Gasteiger partial charge on any atom is 0.389 e. The Balaban J connectivity index is 2.33. The van der Waals surface area contributed by atoms with Crippen LogP contribution in [0.15, 0.2) is 12.3 Å². The smallest absolute Gasteiger partial charge is 0.370 e. The molecule has 1 aromatic rings. The second-order valence-corrected chi connectivity index (χ2v) is 3.84. The Hall–Kier alpha value is -1.53. The third-order valence-electron chi connectivity index (χ3n) is 2.13. The van der Waals surface area contributed by atoms with E-state index in [0.29, 0.717) is 11.8 Å². The highest BCUT2D eigenvalue weighted by atomic mass is 19.4. The van der Waals surface area contributed by atoms with Gasteiger partial charge >= 0.3 is 6.18 Å². The monoisotopic (exact) mass is 262 g/mol. The molecule has 0 bridgehead atoms. The predicted octanol–water partition coefficient (Wildman–Crippen LogP) is 3.05. The summed E-state index contributed by atoms with van der Waals surface area (Å²) < 4.78 is 35.8. The number of halogens is 3. The Bertz CT molecular complexity index is 354. The van der Waals surface area contributed by atoms with Crippen LogP contribution in [0.25, 0.3) is 0 Å². The molecule has 0 aliphatic carbocycles. The van der Waals surface area contributed by atoms with Gasteiger partial charge in [0.05, 0.1) is 0 Å². The van der Waals surface area contributed by atoms with E-state index in [1.807, 2.05) is 6.92 Å². The van der Waals surface area contributed by atoms with Crippen LogP contribution in [0.3, 0.4) is 0 Å². The molecule has 4 nitrogen and oxygen atoms in total. The maximum absolute atomic E-state index is 11.9. The highest BCUT2D eigenvalue weighted by Crippen LogP contribution is 2.21. The molecule has 0 aromatic carbocycles. The van der Waals surface area contributed by atoms with Crippen LogP contribution in [0.1, 0.15) is 26.2 Å². The summed E-state index contributed by atoms with van der Waals surface area (Å²) in [5, 5.41) is 5.85. The van der Waals surface area contributed by atoms with E-state index in [1.165, 1.54) is 0 Å². The minimum Gasteiger partial charge on any atom is -0.370 e. The minimum absolute atomic E-state index is 0.0330. The maximum atomic E-state index is 11.9. The molecule has 0 spiro atoms. The summed E-state index contributed by atoms with van der Waals surface area (Å²) in [5.74, 6) is 1.02. The lowest BCUT2D eigenvalue weighted by Crippen LogP contribution is -2.12. The lowest BCUT2D eigenvalue weighted by atomic mass is 10.3. The second kappa shape index (κ2) is 7.03. The largest absolute Gasteiger partial charge is 0.389 e. The van der Waals surface area contributed by atoms with E-state index in [0.717, 1.165) is 13.0 Å². The van der Waals surface area contributed by atoms with Gasteiger partial charge in [-0.15, -0.1) is 0 Å². The number of rotatable bonds is 7. The molecule has 0 fully saturated rings. The van der Waals surface area contributed by atoms with E-state index in [-0.39, 0.29) is 13.0 Å². The first kappa shape index (κ1) is 14.5. The fraction of sp³-hybridized carbons (Fsp3) is 0.636. The van der Waals surface area contributed by atoms with Crippen molar-refractivity contribution in [1.82, 2.24) is 9.97 Å². The summed E-state index contributed by atoms with van der Waals surface area (Å²) >= 11 is 0. The Morgan fingerprint density at radius 2 is 2.00 bits per heavy atom. The van der Waals surface area contributed by atoms with Gasteiger partial charge in [0, 0.05) is 25.7 Å². The minimum atomic E-state index is -4.10. The molecule has 0 amide bonds. The average Bonchev–Trinajstić information content (AvgIpc) is 2.31. The lowest BCUT2D eigenvalue weighted by molar-refractivity contribution is -0.134. The van der Waals surface area contributed by atoms with Crippen LogP contribution in [0.2, 0.25) is 0 Å². The number of anilines is 2. The van der Waals surface area contributed by atoms with Crippen molar-refractivity contribution in [3.8, 4) is 0 Å². The van der Waals surface area contributed by atoms with Crippen LogP contribution in [-0.4, -0.2) is 29.2 Å². The predicted molar refractivity (Wildman–Crippen MR) is 64.6 cm³/mol. The molecule has 0 atom stereocenters. The van der Waals surface area contributed by atoms with Gasteiger partial charge in [-0.3, -0.25) is 0 Å². The normalized spacial score (nSPS) is 11.3. The number of hydrogen-bond acceptors (Lipinski definition) is 4. The van der Waals surface area contributed by atoms with E-state index in [4.69, 9.17) is 0 Å². The van der Waals surface area contributed by atoms with Crippen molar-refractivity contribution < 1.29 is 13.2 Å².